The zero-order chi connectivity index (χ0) is 15.1. The molecule has 0 saturated carbocycles. The summed E-state index contributed by atoms with van der Waals surface area (Å²) in [7, 11) is 0. The van der Waals surface area contributed by atoms with E-state index < -0.39 is 5.97 Å². The number of aliphatic carboxylic acids is 1. The molecule has 2 aromatic rings. The molecular formula is C16H17NO3S. The number of rotatable bonds is 7. The van der Waals surface area contributed by atoms with Crippen LogP contribution in [0.25, 0.3) is 6.08 Å². The molecule has 0 aliphatic carbocycles. The molecule has 0 spiro atoms. The Balaban J connectivity index is 2.09. The highest BCUT2D eigenvalue weighted by atomic mass is 32.1. The van der Waals surface area contributed by atoms with Gasteiger partial charge >= 0.3 is 5.97 Å². The van der Waals surface area contributed by atoms with Gasteiger partial charge in [0.2, 0.25) is 0 Å². The Labute approximate surface area is 127 Å². The van der Waals surface area contributed by atoms with E-state index in [0.29, 0.717) is 6.61 Å². The molecule has 5 heteroatoms. The normalized spacial score (nSPS) is 10.9. The Bertz CT molecular complexity index is 620. The van der Waals surface area contributed by atoms with Gasteiger partial charge in [0, 0.05) is 6.08 Å². The summed E-state index contributed by atoms with van der Waals surface area (Å²) < 4.78 is 5.67. The zero-order valence-electron chi connectivity index (χ0n) is 11.8. The van der Waals surface area contributed by atoms with Crippen LogP contribution in [0.3, 0.4) is 0 Å². The standard InChI is InChI=1S/C16H17NO3S/c1-2-6-13-14(9-10-16(18)19)21-15(17-13)11-20-12-7-4-3-5-8-12/h3-5,7-10H,2,6,11H2,1H3,(H,18,19)/b10-9+. The summed E-state index contributed by atoms with van der Waals surface area (Å²) in [5.41, 5.74) is 0.937. The third-order valence-electron chi connectivity index (χ3n) is 2.74. The van der Waals surface area contributed by atoms with E-state index in [2.05, 4.69) is 11.9 Å². The molecule has 0 unspecified atom stereocenters. The van der Waals surface area contributed by atoms with Gasteiger partial charge in [0.15, 0.2) is 0 Å². The minimum Gasteiger partial charge on any atom is -0.486 e. The number of thiazole rings is 1. The molecule has 1 N–H and O–H groups in total. The van der Waals surface area contributed by atoms with Crippen molar-refractivity contribution < 1.29 is 14.6 Å². The summed E-state index contributed by atoms with van der Waals surface area (Å²) in [4.78, 5) is 16.1. The average Bonchev–Trinajstić information content (AvgIpc) is 2.87. The van der Waals surface area contributed by atoms with Crippen LogP contribution in [-0.4, -0.2) is 16.1 Å². The minimum atomic E-state index is -0.951. The Morgan fingerprint density at radius 3 is 2.81 bits per heavy atom. The Kier molecular flexibility index (Phi) is 5.51. The summed E-state index contributed by atoms with van der Waals surface area (Å²) >= 11 is 1.47. The van der Waals surface area contributed by atoms with Crippen molar-refractivity contribution in [2.24, 2.45) is 0 Å². The smallest absolute Gasteiger partial charge is 0.328 e. The van der Waals surface area contributed by atoms with E-state index in [1.807, 2.05) is 30.3 Å². The SMILES string of the molecule is CCCc1nc(COc2ccccc2)sc1/C=C/C(=O)O. The molecule has 0 aliphatic rings. The van der Waals surface area contributed by atoms with Crippen molar-refractivity contribution >= 4 is 23.4 Å². The van der Waals surface area contributed by atoms with E-state index in [4.69, 9.17) is 9.84 Å². The van der Waals surface area contributed by atoms with E-state index in [1.54, 1.807) is 6.08 Å². The predicted octanol–water partition coefficient (Wildman–Crippen LogP) is 3.77. The van der Waals surface area contributed by atoms with Gasteiger partial charge in [-0.05, 0) is 24.6 Å². The van der Waals surface area contributed by atoms with Gasteiger partial charge in [-0.2, -0.15) is 0 Å². The van der Waals surface area contributed by atoms with Gasteiger partial charge in [0.25, 0.3) is 0 Å². The molecule has 0 radical (unpaired) electrons. The van der Waals surface area contributed by atoms with Crippen molar-refractivity contribution in [2.75, 3.05) is 0 Å². The number of carboxylic acids is 1. The molecule has 0 fully saturated rings. The quantitative estimate of drug-likeness (QED) is 0.791. The van der Waals surface area contributed by atoms with Gasteiger partial charge in [0.1, 0.15) is 17.4 Å². The maximum absolute atomic E-state index is 10.6. The lowest BCUT2D eigenvalue weighted by Gasteiger charge is -2.02. The van der Waals surface area contributed by atoms with Gasteiger partial charge in [-0.3, -0.25) is 0 Å². The fourth-order valence-electron chi connectivity index (χ4n) is 1.83. The number of nitrogens with zero attached hydrogens (tertiary/aromatic N) is 1. The first-order valence-corrected chi connectivity index (χ1v) is 7.58. The number of para-hydroxylation sites is 1. The van der Waals surface area contributed by atoms with Crippen LogP contribution in [0.15, 0.2) is 36.4 Å². The highest BCUT2D eigenvalue weighted by Crippen LogP contribution is 2.23. The lowest BCUT2D eigenvalue weighted by Crippen LogP contribution is -1.95. The summed E-state index contributed by atoms with van der Waals surface area (Å²) in [5, 5.41) is 9.58. The number of aryl methyl sites for hydroxylation is 1. The van der Waals surface area contributed by atoms with Crippen molar-refractivity contribution in [3.63, 3.8) is 0 Å². The number of benzene rings is 1. The van der Waals surface area contributed by atoms with E-state index >= 15 is 0 Å². The van der Waals surface area contributed by atoms with E-state index in [0.717, 1.165) is 40.2 Å². The first kappa shape index (κ1) is 15.3. The molecule has 0 amide bonds. The largest absolute Gasteiger partial charge is 0.486 e. The number of hydrogen-bond acceptors (Lipinski definition) is 4. The van der Waals surface area contributed by atoms with Crippen LogP contribution in [0, 0.1) is 0 Å². The van der Waals surface area contributed by atoms with Gasteiger partial charge in [-0.15, -0.1) is 11.3 Å². The number of aromatic nitrogens is 1. The topological polar surface area (TPSA) is 59.4 Å². The van der Waals surface area contributed by atoms with Crippen LogP contribution in [0.2, 0.25) is 0 Å². The van der Waals surface area contributed by atoms with E-state index in [9.17, 15) is 4.79 Å². The Morgan fingerprint density at radius 2 is 2.14 bits per heavy atom. The fourth-order valence-corrected chi connectivity index (χ4v) is 2.76. The van der Waals surface area contributed by atoms with Crippen molar-refractivity contribution in [1.29, 1.82) is 0 Å². The summed E-state index contributed by atoms with van der Waals surface area (Å²) in [6, 6.07) is 9.56. The number of ether oxygens (including phenoxy) is 1. The summed E-state index contributed by atoms with van der Waals surface area (Å²) in [5.74, 6) is -0.152. The second-order valence-corrected chi connectivity index (χ2v) is 5.56. The zero-order valence-corrected chi connectivity index (χ0v) is 12.6. The lowest BCUT2D eigenvalue weighted by molar-refractivity contribution is -0.131. The maximum Gasteiger partial charge on any atom is 0.328 e. The van der Waals surface area contributed by atoms with Gasteiger partial charge in [-0.1, -0.05) is 31.5 Å². The molecule has 0 saturated heterocycles. The molecule has 0 bridgehead atoms. The second kappa shape index (κ2) is 7.59. The highest BCUT2D eigenvalue weighted by Gasteiger charge is 2.09. The van der Waals surface area contributed by atoms with Crippen molar-refractivity contribution in [2.45, 2.75) is 26.4 Å². The molecule has 1 aromatic heterocycles. The number of carbonyl (C=O) groups is 1. The van der Waals surface area contributed by atoms with E-state index in [1.165, 1.54) is 11.3 Å². The van der Waals surface area contributed by atoms with E-state index in [-0.39, 0.29) is 0 Å². The molecule has 110 valence electrons. The van der Waals surface area contributed by atoms with Crippen molar-refractivity contribution in [1.82, 2.24) is 4.98 Å². The molecular weight excluding hydrogens is 286 g/mol. The monoisotopic (exact) mass is 303 g/mol. The van der Waals surface area contributed by atoms with Crippen molar-refractivity contribution in [3.8, 4) is 5.75 Å². The molecule has 1 aromatic carbocycles. The van der Waals surface area contributed by atoms with Crippen LogP contribution < -0.4 is 4.74 Å². The van der Waals surface area contributed by atoms with Gasteiger partial charge < -0.3 is 9.84 Å². The average molecular weight is 303 g/mol. The molecule has 2 rings (SSSR count). The molecule has 1 heterocycles. The highest BCUT2D eigenvalue weighted by molar-refractivity contribution is 7.12. The minimum absolute atomic E-state index is 0.395. The molecule has 21 heavy (non-hydrogen) atoms. The van der Waals surface area contributed by atoms with Crippen LogP contribution in [0.1, 0.15) is 28.9 Å². The lowest BCUT2D eigenvalue weighted by atomic mass is 10.2. The van der Waals surface area contributed by atoms with Crippen LogP contribution >= 0.6 is 11.3 Å². The van der Waals surface area contributed by atoms with Gasteiger partial charge in [-0.25, -0.2) is 9.78 Å². The third kappa shape index (κ3) is 4.72. The molecule has 0 aliphatic heterocycles. The molecule has 0 atom stereocenters. The van der Waals surface area contributed by atoms with Crippen molar-refractivity contribution in [3.05, 3.63) is 52.0 Å². The number of carboxylic acid groups (broad SMARTS) is 1. The first-order valence-electron chi connectivity index (χ1n) is 6.76. The third-order valence-corrected chi connectivity index (χ3v) is 3.78. The fraction of sp³-hybridized carbons (Fsp3) is 0.250. The van der Waals surface area contributed by atoms with Crippen LogP contribution in [0.5, 0.6) is 5.75 Å². The molecule has 4 nitrogen and oxygen atoms in total. The van der Waals surface area contributed by atoms with Gasteiger partial charge in [0.05, 0.1) is 10.6 Å². The number of hydrogen-bond donors (Lipinski definition) is 1. The first-order chi connectivity index (χ1) is 10.2. The predicted molar refractivity (Wildman–Crippen MR) is 83.6 cm³/mol. The Morgan fingerprint density at radius 1 is 1.38 bits per heavy atom. The van der Waals surface area contributed by atoms with Crippen LogP contribution in [-0.2, 0) is 17.8 Å². The summed E-state index contributed by atoms with van der Waals surface area (Å²) in [6.07, 6.45) is 4.56. The van der Waals surface area contributed by atoms with Crippen LogP contribution in [0.4, 0.5) is 0 Å². The summed E-state index contributed by atoms with van der Waals surface area (Å²) in [6.45, 7) is 2.47. The maximum atomic E-state index is 10.6. The Hall–Kier alpha value is -2.14. The second-order valence-electron chi connectivity index (χ2n) is 4.44.